The molecule has 31 heavy (non-hydrogen) atoms. The molecule has 1 aromatic heterocycles. The summed E-state index contributed by atoms with van der Waals surface area (Å²) in [7, 11) is 0. The number of hydrogen-bond donors (Lipinski definition) is 0. The van der Waals surface area contributed by atoms with Gasteiger partial charge >= 0.3 is 0 Å². The molecule has 0 bridgehead atoms. The van der Waals surface area contributed by atoms with Gasteiger partial charge < -0.3 is 19.1 Å². The summed E-state index contributed by atoms with van der Waals surface area (Å²) in [6.07, 6.45) is 10.0. The smallest absolute Gasteiger partial charge is 0.249 e. The summed E-state index contributed by atoms with van der Waals surface area (Å²) in [5.74, 6) is 2.58. The van der Waals surface area contributed by atoms with E-state index in [-0.39, 0.29) is 17.9 Å². The lowest BCUT2D eigenvalue weighted by atomic mass is 9.93. The molecule has 0 spiro atoms. The molecule has 1 atom stereocenters. The lowest BCUT2D eigenvalue weighted by Gasteiger charge is -2.32. The fourth-order valence-corrected chi connectivity index (χ4v) is 5.23. The van der Waals surface area contributed by atoms with Crippen LogP contribution in [0.1, 0.15) is 82.5 Å². The van der Waals surface area contributed by atoms with Gasteiger partial charge in [-0.2, -0.15) is 4.98 Å². The maximum Gasteiger partial charge on any atom is 0.249 e. The van der Waals surface area contributed by atoms with Gasteiger partial charge in [0.1, 0.15) is 6.04 Å². The molecule has 2 saturated heterocycles. The Morgan fingerprint density at radius 3 is 2.55 bits per heavy atom. The highest BCUT2D eigenvalue weighted by Gasteiger charge is 2.35. The van der Waals surface area contributed by atoms with E-state index in [1.165, 1.54) is 25.7 Å². The number of nitrogens with zero attached hydrogens (tertiary/aromatic N) is 4. The van der Waals surface area contributed by atoms with Crippen LogP contribution in [0.2, 0.25) is 0 Å². The first-order chi connectivity index (χ1) is 15.1. The van der Waals surface area contributed by atoms with Crippen LogP contribution in [0, 0.1) is 11.8 Å². The van der Waals surface area contributed by atoms with E-state index in [1.54, 1.807) is 6.92 Å². The van der Waals surface area contributed by atoms with Crippen molar-refractivity contribution in [3.05, 3.63) is 11.7 Å². The van der Waals surface area contributed by atoms with E-state index in [4.69, 9.17) is 9.26 Å². The zero-order valence-electron chi connectivity index (χ0n) is 18.8. The Kier molecular flexibility index (Phi) is 7.58. The topological polar surface area (TPSA) is 88.8 Å². The Morgan fingerprint density at radius 1 is 1.03 bits per heavy atom. The van der Waals surface area contributed by atoms with Crippen LogP contribution in [0.15, 0.2) is 4.52 Å². The average molecular weight is 433 g/mol. The maximum atomic E-state index is 13.0. The van der Waals surface area contributed by atoms with Crippen molar-refractivity contribution >= 4 is 11.8 Å². The Morgan fingerprint density at radius 2 is 1.81 bits per heavy atom. The van der Waals surface area contributed by atoms with Crippen LogP contribution < -0.4 is 0 Å². The number of amides is 2. The molecule has 1 unspecified atom stereocenters. The zero-order valence-corrected chi connectivity index (χ0v) is 18.8. The lowest BCUT2D eigenvalue weighted by Crippen LogP contribution is -2.39. The van der Waals surface area contributed by atoms with Crippen molar-refractivity contribution in [2.75, 3.05) is 32.8 Å². The minimum Gasteiger partial charge on any atom is -0.381 e. The van der Waals surface area contributed by atoms with Crippen LogP contribution in [0.3, 0.4) is 0 Å². The van der Waals surface area contributed by atoms with Crippen molar-refractivity contribution < 1.29 is 18.8 Å². The quantitative estimate of drug-likeness (QED) is 0.587. The first-order valence-corrected chi connectivity index (χ1v) is 12.1. The van der Waals surface area contributed by atoms with Gasteiger partial charge in [-0.3, -0.25) is 9.59 Å². The summed E-state index contributed by atoms with van der Waals surface area (Å²) >= 11 is 0. The van der Waals surface area contributed by atoms with Crippen molar-refractivity contribution in [1.29, 1.82) is 0 Å². The third kappa shape index (κ3) is 5.84. The van der Waals surface area contributed by atoms with Crippen LogP contribution >= 0.6 is 0 Å². The molecular formula is C23H36N4O4. The normalized spacial score (nSPS) is 23.1. The summed E-state index contributed by atoms with van der Waals surface area (Å²) in [5, 5.41) is 4.12. The second-order valence-electron chi connectivity index (χ2n) is 9.42. The van der Waals surface area contributed by atoms with Crippen LogP contribution in [-0.2, 0) is 20.7 Å². The van der Waals surface area contributed by atoms with Crippen molar-refractivity contribution in [3.8, 4) is 0 Å². The third-order valence-corrected chi connectivity index (χ3v) is 7.16. The molecule has 8 nitrogen and oxygen atoms in total. The van der Waals surface area contributed by atoms with Gasteiger partial charge in [0.2, 0.25) is 17.7 Å². The van der Waals surface area contributed by atoms with Gasteiger partial charge in [-0.15, -0.1) is 0 Å². The fraction of sp³-hybridized carbons (Fsp3) is 0.826. The summed E-state index contributed by atoms with van der Waals surface area (Å²) in [6, 6.07) is -0.106. The maximum absolute atomic E-state index is 13.0. The van der Waals surface area contributed by atoms with E-state index in [9.17, 15) is 9.59 Å². The molecule has 4 rings (SSSR count). The Hall–Kier alpha value is -1.96. The molecule has 3 heterocycles. The second-order valence-corrected chi connectivity index (χ2v) is 9.42. The first kappa shape index (κ1) is 22.2. The van der Waals surface area contributed by atoms with E-state index in [0.717, 1.165) is 51.9 Å². The summed E-state index contributed by atoms with van der Waals surface area (Å²) in [6.45, 7) is 5.32. The molecule has 2 amide bonds. The molecule has 3 fully saturated rings. The molecule has 1 aromatic rings. The number of carbonyl (C=O) groups excluding carboxylic acids is 2. The Labute approximate surface area is 184 Å². The van der Waals surface area contributed by atoms with Gasteiger partial charge in [-0.25, -0.2) is 0 Å². The molecule has 2 aliphatic heterocycles. The predicted octanol–water partition coefficient (Wildman–Crippen LogP) is 3.13. The predicted molar refractivity (Wildman–Crippen MR) is 114 cm³/mol. The first-order valence-electron chi connectivity index (χ1n) is 12.1. The SMILES string of the molecule is CC(=O)N1CCC(CC(=O)N2CCCC2c2nc(CCOCC3CCCC3)no2)CC1. The molecule has 0 radical (unpaired) electrons. The van der Waals surface area contributed by atoms with Gasteiger partial charge in [0.25, 0.3) is 0 Å². The van der Waals surface area contributed by atoms with Crippen LogP contribution in [0.5, 0.6) is 0 Å². The van der Waals surface area contributed by atoms with Crippen molar-refractivity contribution in [3.63, 3.8) is 0 Å². The summed E-state index contributed by atoms with van der Waals surface area (Å²) in [4.78, 5) is 32.9. The number of ether oxygens (including phenoxy) is 1. The Balaban J connectivity index is 1.23. The highest BCUT2D eigenvalue weighted by atomic mass is 16.5. The largest absolute Gasteiger partial charge is 0.381 e. The molecule has 1 aliphatic carbocycles. The fourth-order valence-electron chi connectivity index (χ4n) is 5.23. The second kappa shape index (κ2) is 10.6. The van der Waals surface area contributed by atoms with E-state index in [1.807, 2.05) is 9.80 Å². The molecule has 1 saturated carbocycles. The van der Waals surface area contributed by atoms with E-state index in [2.05, 4.69) is 10.1 Å². The van der Waals surface area contributed by atoms with E-state index >= 15 is 0 Å². The highest BCUT2D eigenvalue weighted by Crippen LogP contribution is 2.33. The minimum absolute atomic E-state index is 0.106. The third-order valence-electron chi connectivity index (χ3n) is 7.16. The zero-order chi connectivity index (χ0) is 21.6. The summed E-state index contributed by atoms with van der Waals surface area (Å²) in [5.41, 5.74) is 0. The highest BCUT2D eigenvalue weighted by molar-refractivity contribution is 5.77. The van der Waals surface area contributed by atoms with Gasteiger partial charge in [0, 0.05) is 46.0 Å². The Bertz CT molecular complexity index is 738. The van der Waals surface area contributed by atoms with Crippen LogP contribution in [-0.4, -0.2) is 64.6 Å². The summed E-state index contributed by atoms with van der Waals surface area (Å²) < 4.78 is 11.3. The number of likely N-dealkylation sites (tertiary alicyclic amines) is 2. The molecular weight excluding hydrogens is 396 g/mol. The van der Waals surface area contributed by atoms with Gasteiger partial charge in [-0.05, 0) is 50.4 Å². The van der Waals surface area contributed by atoms with Crippen LogP contribution in [0.25, 0.3) is 0 Å². The molecule has 3 aliphatic rings. The molecule has 8 heteroatoms. The van der Waals surface area contributed by atoms with Gasteiger partial charge in [0.15, 0.2) is 5.82 Å². The number of rotatable bonds is 8. The molecule has 0 N–H and O–H groups in total. The van der Waals surface area contributed by atoms with Crippen LogP contribution in [0.4, 0.5) is 0 Å². The number of hydrogen-bond acceptors (Lipinski definition) is 6. The number of piperidine rings is 1. The molecule has 172 valence electrons. The lowest BCUT2D eigenvalue weighted by molar-refractivity contribution is -0.134. The standard InChI is InChI=1S/C23H36N4O4/c1-17(28)26-12-8-18(9-13-26)15-22(29)27-11-4-7-20(27)23-24-21(25-31-23)10-14-30-16-19-5-2-3-6-19/h18-20H,2-16H2,1H3. The minimum atomic E-state index is -0.106. The van der Waals surface area contributed by atoms with Crippen molar-refractivity contribution in [2.45, 2.75) is 77.2 Å². The monoisotopic (exact) mass is 432 g/mol. The number of carbonyl (C=O) groups is 2. The van der Waals surface area contributed by atoms with Gasteiger partial charge in [-0.1, -0.05) is 18.0 Å². The molecule has 0 aromatic carbocycles. The van der Waals surface area contributed by atoms with E-state index < -0.39 is 0 Å². The van der Waals surface area contributed by atoms with Crippen molar-refractivity contribution in [1.82, 2.24) is 19.9 Å². The average Bonchev–Trinajstić information content (AvgIpc) is 3.53. The van der Waals surface area contributed by atoms with E-state index in [0.29, 0.717) is 43.0 Å². The number of aromatic nitrogens is 2. The van der Waals surface area contributed by atoms with Crippen molar-refractivity contribution in [2.24, 2.45) is 11.8 Å². The van der Waals surface area contributed by atoms with Gasteiger partial charge in [0.05, 0.1) is 6.61 Å².